The zero-order valence-corrected chi connectivity index (χ0v) is 13.5. The molecule has 3 rings (SSSR count). The molecular formula is C16H15ClN2S. The van der Waals surface area contributed by atoms with Crippen molar-refractivity contribution in [2.24, 2.45) is 0 Å². The van der Waals surface area contributed by atoms with Crippen LogP contribution in [0.2, 0.25) is 5.15 Å². The molecule has 0 aliphatic rings. The van der Waals surface area contributed by atoms with Crippen molar-refractivity contribution in [2.75, 3.05) is 0 Å². The standard InChI is InChI=1S/C16H15ClN2S/c1-8-5-10(3)14-12(6-8)15(17)19-16(18-14)13-7-9(2)11(4)20-13/h5-7H,1-4H3. The topological polar surface area (TPSA) is 25.8 Å². The first-order valence-electron chi connectivity index (χ1n) is 6.47. The third-order valence-corrected chi connectivity index (χ3v) is 4.91. The van der Waals surface area contributed by atoms with E-state index in [1.807, 2.05) is 6.07 Å². The molecule has 20 heavy (non-hydrogen) atoms. The molecule has 2 nitrogen and oxygen atoms in total. The molecule has 1 aromatic carbocycles. The fourth-order valence-electron chi connectivity index (χ4n) is 2.34. The van der Waals surface area contributed by atoms with E-state index in [1.54, 1.807) is 11.3 Å². The minimum Gasteiger partial charge on any atom is -0.227 e. The molecular weight excluding hydrogens is 288 g/mol. The molecule has 0 aliphatic carbocycles. The summed E-state index contributed by atoms with van der Waals surface area (Å²) >= 11 is 8.07. The molecule has 0 fully saturated rings. The zero-order chi connectivity index (χ0) is 14.4. The summed E-state index contributed by atoms with van der Waals surface area (Å²) in [5, 5.41) is 1.46. The maximum atomic E-state index is 6.36. The Morgan fingerprint density at radius 2 is 1.70 bits per heavy atom. The van der Waals surface area contributed by atoms with E-state index >= 15 is 0 Å². The summed E-state index contributed by atoms with van der Waals surface area (Å²) in [5.74, 6) is 0.718. The smallest absolute Gasteiger partial charge is 0.171 e. The van der Waals surface area contributed by atoms with E-state index < -0.39 is 0 Å². The van der Waals surface area contributed by atoms with E-state index in [0.29, 0.717) is 5.15 Å². The number of nitrogens with zero attached hydrogens (tertiary/aromatic N) is 2. The summed E-state index contributed by atoms with van der Waals surface area (Å²) in [5.41, 5.74) is 4.52. The quantitative estimate of drug-likeness (QED) is 0.574. The molecule has 0 bridgehead atoms. The maximum absolute atomic E-state index is 6.36. The average Bonchev–Trinajstić information content (AvgIpc) is 2.71. The van der Waals surface area contributed by atoms with Crippen LogP contribution in [-0.2, 0) is 0 Å². The van der Waals surface area contributed by atoms with Crippen LogP contribution < -0.4 is 0 Å². The number of hydrogen-bond acceptors (Lipinski definition) is 3. The third kappa shape index (κ3) is 2.21. The minimum atomic E-state index is 0.528. The molecule has 3 aromatic rings. The highest BCUT2D eigenvalue weighted by molar-refractivity contribution is 7.15. The third-order valence-electron chi connectivity index (χ3n) is 3.48. The fourth-order valence-corrected chi connectivity index (χ4v) is 3.54. The van der Waals surface area contributed by atoms with Crippen molar-refractivity contribution in [3.8, 4) is 10.7 Å². The number of halogens is 1. The lowest BCUT2D eigenvalue weighted by Gasteiger charge is -2.07. The first-order chi connectivity index (χ1) is 9.45. The Labute approximate surface area is 127 Å². The SMILES string of the molecule is Cc1cc(C)c2nc(-c3cc(C)c(C)s3)nc(Cl)c2c1. The molecule has 4 heteroatoms. The predicted octanol–water partition coefficient (Wildman–Crippen LogP) is 5.25. The number of aryl methyl sites for hydroxylation is 4. The molecule has 2 heterocycles. The van der Waals surface area contributed by atoms with Gasteiger partial charge in [-0.3, -0.25) is 0 Å². The van der Waals surface area contributed by atoms with Crippen LogP contribution in [0.1, 0.15) is 21.6 Å². The summed E-state index contributed by atoms with van der Waals surface area (Å²) in [4.78, 5) is 11.6. The lowest BCUT2D eigenvalue weighted by molar-refractivity contribution is 1.22. The monoisotopic (exact) mass is 302 g/mol. The summed E-state index contributed by atoms with van der Waals surface area (Å²) in [6, 6.07) is 6.29. The summed E-state index contributed by atoms with van der Waals surface area (Å²) in [6.45, 7) is 8.34. The van der Waals surface area contributed by atoms with Gasteiger partial charge in [-0.25, -0.2) is 9.97 Å². The van der Waals surface area contributed by atoms with Crippen LogP contribution in [0.25, 0.3) is 21.6 Å². The molecule has 2 aromatic heterocycles. The van der Waals surface area contributed by atoms with Gasteiger partial charge in [-0.1, -0.05) is 23.2 Å². The molecule has 0 saturated heterocycles. The Kier molecular flexibility index (Phi) is 3.27. The Bertz CT molecular complexity index is 801. The predicted molar refractivity (Wildman–Crippen MR) is 86.8 cm³/mol. The van der Waals surface area contributed by atoms with Crippen LogP contribution in [-0.4, -0.2) is 9.97 Å². The molecule has 102 valence electrons. The Hall–Kier alpha value is -1.45. The van der Waals surface area contributed by atoms with Crippen LogP contribution in [0.5, 0.6) is 0 Å². The van der Waals surface area contributed by atoms with Crippen molar-refractivity contribution < 1.29 is 0 Å². The number of hydrogen-bond donors (Lipinski definition) is 0. The minimum absolute atomic E-state index is 0.528. The number of aromatic nitrogens is 2. The Morgan fingerprint density at radius 3 is 2.35 bits per heavy atom. The molecule has 0 spiro atoms. The maximum Gasteiger partial charge on any atom is 0.171 e. The highest BCUT2D eigenvalue weighted by Gasteiger charge is 2.12. The molecule has 0 saturated carbocycles. The van der Waals surface area contributed by atoms with Gasteiger partial charge >= 0.3 is 0 Å². The van der Waals surface area contributed by atoms with Gasteiger partial charge < -0.3 is 0 Å². The van der Waals surface area contributed by atoms with Crippen molar-refractivity contribution in [2.45, 2.75) is 27.7 Å². The normalized spacial score (nSPS) is 11.2. The van der Waals surface area contributed by atoms with E-state index in [-0.39, 0.29) is 0 Å². The van der Waals surface area contributed by atoms with E-state index in [1.165, 1.54) is 16.0 Å². The van der Waals surface area contributed by atoms with Gasteiger partial charge in [0.05, 0.1) is 10.4 Å². The van der Waals surface area contributed by atoms with E-state index in [0.717, 1.165) is 27.2 Å². The molecule has 0 aliphatic heterocycles. The Balaban J connectivity index is 2.29. The highest BCUT2D eigenvalue weighted by atomic mass is 35.5. The van der Waals surface area contributed by atoms with Gasteiger partial charge in [-0.05, 0) is 51.0 Å². The van der Waals surface area contributed by atoms with Crippen LogP contribution in [0.3, 0.4) is 0 Å². The van der Waals surface area contributed by atoms with Crippen molar-refractivity contribution >= 4 is 33.8 Å². The van der Waals surface area contributed by atoms with Crippen molar-refractivity contribution in [1.82, 2.24) is 9.97 Å². The summed E-state index contributed by atoms with van der Waals surface area (Å²) < 4.78 is 0. The molecule has 0 unspecified atom stereocenters. The second-order valence-electron chi connectivity index (χ2n) is 5.17. The van der Waals surface area contributed by atoms with Crippen LogP contribution in [0.4, 0.5) is 0 Å². The molecule has 0 N–H and O–H groups in total. The molecule has 0 radical (unpaired) electrons. The lowest BCUT2D eigenvalue weighted by Crippen LogP contribution is -1.93. The van der Waals surface area contributed by atoms with Gasteiger partial charge in [0, 0.05) is 10.3 Å². The average molecular weight is 303 g/mol. The number of rotatable bonds is 1. The second kappa shape index (κ2) is 4.83. The van der Waals surface area contributed by atoms with E-state index in [9.17, 15) is 0 Å². The van der Waals surface area contributed by atoms with Gasteiger partial charge in [0.1, 0.15) is 5.15 Å². The second-order valence-corrected chi connectivity index (χ2v) is 6.78. The van der Waals surface area contributed by atoms with Crippen LogP contribution in [0.15, 0.2) is 18.2 Å². The lowest BCUT2D eigenvalue weighted by atomic mass is 10.1. The van der Waals surface area contributed by atoms with Gasteiger partial charge in [-0.2, -0.15) is 0 Å². The summed E-state index contributed by atoms with van der Waals surface area (Å²) in [6.07, 6.45) is 0. The van der Waals surface area contributed by atoms with Gasteiger partial charge in [0.2, 0.25) is 0 Å². The van der Waals surface area contributed by atoms with E-state index in [2.05, 4.69) is 44.8 Å². The number of benzene rings is 1. The van der Waals surface area contributed by atoms with Crippen molar-refractivity contribution in [3.05, 3.63) is 44.9 Å². The highest BCUT2D eigenvalue weighted by Crippen LogP contribution is 2.32. The fraction of sp³-hybridized carbons (Fsp3) is 0.250. The van der Waals surface area contributed by atoms with Gasteiger partial charge in [0.15, 0.2) is 5.82 Å². The van der Waals surface area contributed by atoms with Crippen molar-refractivity contribution in [1.29, 1.82) is 0 Å². The number of fused-ring (bicyclic) bond motifs is 1. The molecule has 0 amide bonds. The first-order valence-corrected chi connectivity index (χ1v) is 7.67. The van der Waals surface area contributed by atoms with Crippen molar-refractivity contribution in [3.63, 3.8) is 0 Å². The van der Waals surface area contributed by atoms with Crippen LogP contribution in [0, 0.1) is 27.7 Å². The van der Waals surface area contributed by atoms with Gasteiger partial charge in [0.25, 0.3) is 0 Å². The van der Waals surface area contributed by atoms with Gasteiger partial charge in [-0.15, -0.1) is 11.3 Å². The van der Waals surface area contributed by atoms with E-state index in [4.69, 9.17) is 16.6 Å². The Morgan fingerprint density at radius 1 is 0.950 bits per heavy atom. The van der Waals surface area contributed by atoms with Crippen LogP contribution >= 0.6 is 22.9 Å². The first kappa shape index (κ1) is 13.5. The zero-order valence-electron chi connectivity index (χ0n) is 11.9. The largest absolute Gasteiger partial charge is 0.227 e. The molecule has 0 atom stereocenters. The summed E-state index contributed by atoms with van der Waals surface area (Å²) in [7, 11) is 0. The number of thiophene rings is 1.